The Morgan fingerprint density at radius 1 is 1.56 bits per heavy atom. The number of nitrogens with one attached hydrogen (secondary N) is 1. The number of alkyl halides is 1. The largest absolute Gasteiger partial charge is 0.348 e. The summed E-state index contributed by atoms with van der Waals surface area (Å²) >= 11 is 5.71. The number of aromatic nitrogens is 1. The molecule has 1 heterocycles. The first-order chi connectivity index (χ1) is 8.58. The van der Waals surface area contributed by atoms with Crippen LogP contribution in [0.25, 0.3) is 0 Å². The van der Waals surface area contributed by atoms with Gasteiger partial charge in [-0.1, -0.05) is 13.8 Å². The number of rotatable bonds is 5. The first kappa shape index (κ1) is 14.5. The number of pyridine rings is 1. The molecule has 4 nitrogen and oxygen atoms in total. The van der Waals surface area contributed by atoms with Crippen molar-refractivity contribution in [2.75, 3.05) is 5.88 Å². The molecule has 1 atom stereocenters. The number of nitrogens with zero attached hydrogens (tertiary/aromatic N) is 2. The van der Waals surface area contributed by atoms with Crippen molar-refractivity contribution in [3.8, 4) is 6.07 Å². The number of amides is 1. The number of carbonyl (C=O) groups excluding carboxylic acids is 1. The van der Waals surface area contributed by atoms with Crippen LogP contribution in [0.5, 0.6) is 0 Å². The van der Waals surface area contributed by atoms with E-state index in [1.807, 2.05) is 19.9 Å². The highest BCUT2D eigenvalue weighted by Crippen LogP contribution is 2.08. The molecule has 1 aromatic rings. The quantitative estimate of drug-likeness (QED) is 0.831. The van der Waals surface area contributed by atoms with Crippen LogP contribution < -0.4 is 5.32 Å². The van der Waals surface area contributed by atoms with Crippen LogP contribution in [0, 0.1) is 17.2 Å². The summed E-state index contributed by atoms with van der Waals surface area (Å²) in [6.07, 6.45) is 2.11. The number of halogens is 1. The van der Waals surface area contributed by atoms with Crippen LogP contribution in [0.15, 0.2) is 18.3 Å². The molecule has 0 fully saturated rings. The van der Waals surface area contributed by atoms with Crippen LogP contribution in [-0.2, 0) is 0 Å². The third-order valence-corrected chi connectivity index (χ3v) is 2.88. The molecular formula is C13H16ClN3O. The molecule has 0 aliphatic carbocycles. The van der Waals surface area contributed by atoms with Gasteiger partial charge in [0.25, 0.3) is 5.91 Å². The highest BCUT2D eigenvalue weighted by atomic mass is 35.5. The van der Waals surface area contributed by atoms with Crippen LogP contribution in [0.2, 0.25) is 0 Å². The van der Waals surface area contributed by atoms with Crippen LogP contribution in [0.4, 0.5) is 0 Å². The SMILES string of the molecule is CC(C)C(CCCl)NC(=O)c1ccc(C#N)cn1. The second-order valence-electron chi connectivity index (χ2n) is 4.35. The van der Waals surface area contributed by atoms with E-state index in [2.05, 4.69) is 10.3 Å². The van der Waals surface area contributed by atoms with E-state index in [0.29, 0.717) is 23.1 Å². The molecule has 0 radical (unpaired) electrons. The van der Waals surface area contributed by atoms with E-state index in [1.54, 1.807) is 12.1 Å². The van der Waals surface area contributed by atoms with Crippen molar-refractivity contribution in [2.45, 2.75) is 26.3 Å². The normalized spacial score (nSPS) is 11.9. The number of carbonyl (C=O) groups is 1. The highest BCUT2D eigenvalue weighted by Gasteiger charge is 2.17. The van der Waals surface area contributed by atoms with Crippen LogP contribution >= 0.6 is 11.6 Å². The molecule has 0 spiro atoms. The molecule has 5 heteroatoms. The molecule has 1 unspecified atom stereocenters. The smallest absolute Gasteiger partial charge is 0.270 e. The summed E-state index contributed by atoms with van der Waals surface area (Å²) in [4.78, 5) is 15.9. The molecule has 0 aromatic carbocycles. The maximum Gasteiger partial charge on any atom is 0.270 e. The second kappa shape index (κ2) is 6.97. The van der Waals surface area contributed by atoms with Crippen molar-refractivity contribution in [1.82, 2.24) is 10.3 Å². The van der Waals surface area contributed by atoms with E-state index in [9.17, 15) is 4.79 Å². The molecule has 0 bridgehead atoms. The fourth-order valence-electron chi connectivity index (χ4n) is 1.53. The lowest BCUT2D eigenvalue weighted by molar-refractivity contribution is 0.0920. The number of hydrogen-bond acceptors (Lipinski definition) is 3. The minimum absolute atomic E-state index is 0.0347. The third kappa shape index (κ3) is 4.01. The first-order valence-corrected chi connectivity index (χ1v) is 6.35. The molecule has 1 amide bonds. The van der Waals surface area contributed by atoms with E-state index in [1.165, 1.54) is 6.20 Å². The minimum Gasteiger partial charge on any atom is -0.348 e. The lowest BCUT2D eigenvalue weighted by atomic mass is 10.0. The Kier molecular flexibility index (Phi) is 5.60. The molecule has 0 aliphatic rings. The zero-order valence-electron chi connectivity index (χ0n) is 10.5. The van der Waals surface area contributed by atoms with Gasteiger partial charge in [0.1, 0.15) is 11.8 Å². The van der Waals surface area contributed by atoms with E-state index in [4.69, 9.17) is 16.9 Å². The maximum atomic E-state index is 11.9. The first-order valence-electron chi connectivity index (χ1n) is 5.81. The van der Waals surface area contributed by atoms with Crippen molar-refractivity contribution in [3.63, 3.8) is 0 Å². The monoisotopic (exact) mass is 265 g/mol. The van der Waals surface area contributed by atoms with Crippen molar-refractivity contribution >= 4 is 17.5 Å². The standard InChI is InChI=1S/C13H16ClN3O/c1-9(2)11(5-6-14)17-13(18)12-4-3-10(7-15)8-16-12/h3-4,8-9,11H,5-6H2,1-2H3,(H,17,18). The Bertz CT molecular complexity index is 437. The highest BCUT2D eigenvalue weighted by molar-refractivity contribution is 6.17. The molecule has 1 N–H and O–H groups in total. The Labute approximate surface area is 112 Å². The van der Waals surface area contributed by atoms with E-state index < -0.39 is 0 Å². The fourth-order valence-corrected chi connectivity index (χ4v) is 1.76. The average Bonchev–Trinajstić information content (AvgIpc) is 2.38. The minimum atomic E-state index is -0.233. The Hall–Kier alpha value is -1.60. The molecule has 1 aromatic heterocycles. The summed E-state index contributed by atoms with van der Waals surface area (Å²) in [6.45, 7) is 4.06. The van der Waals surface area contributed by atoms with E-state index >= 15 is 0 Å². The predicted molar refractivity (Wildman–Crippen MR) is 70.4 cm³/mol. The van der Waals surface area contributed by atoms with Crippen molar-refractivity contribution in [2.24, 2.45) is 5.92 Å². The summed E-state index contributed by atoms with van der Waals surface area (Å²) in [5.41, 5.74) is 0.752. The lowest BCUT2D eigenvalue weighted by Gasteiger charge is -2.21. The van der Waals surface area contributed by atoms with E-state index in [-0.39, 0.29) is 11.9 Å². The van der Waals surface area contributed by atoms with E-state index in [0.717, 1.165) is 6.42 Å². The molecule has 0 saturated carbocycles. The van der Waals surface area contributed by atoms with Crippen LogP contribution in [0.1, 0.15) is 36.3 Å². The van der Waals surface area contributed by atoms with Crippen molar-refractivity contribution < 1.29 is 4.79 Å². The molecule has 96 valence electrons. The summed E-state index contributed by atoms with van der Waals surface area (Å²) < 4.78 is 0. The summed E-state index contributed by atoms with van der Waals surface area (Å²) in [5, 5.41) is 11.6. The maximum absolute atomic E-state index is 11.9. The van der Waals surface area contributed by atoms with Gasteiger partial charge in [0.05, 0.1) is 5.56 Å². The second-order valence-corrected chi connectivity index (χ2v) is 4.72. The Morgan fingerprint density at radius 2 is 2.28 bits per heavy atom. The third-order valence-electron chi connectivity index (χ3n) is 2.67. The van der Waals surface area contributed by atoms with Gasteiger partial charge < -0.3 is 5.32 Å². The lowest BCUT2D eigenvalue weighted by Crippen LogP contribution is -2.39. The average molecular weight is 266 g/mol. The number of hydrogen-bond donors (Lipinski definition) is 1. The Morgan fingerprint density at radius 3 is 2.72 bits per heavy atom. The van der Waals surface area contributed by atoms with Crippen LogP contribution in [0.3, 0.4) is 0 Å². The summed E-state index contributed by atoms with van der Waals surface area (Å²) in [5.74, 6) is 0.582. The molecule has 0 saturated heterocycles. The van der Waals surface area contributed by atoms with Crippen LogP contribution in [-0.4, -0.2) is 22.8 Å². The van der Waals surface area contributed by atoms with Crippen molar-refractivity contribution in [1.29, 1.82) is 5.26 Å². The van der Waals surface area contributed by atoms with Gasteiger partial charge in [0.2, 0.25) is 0 Å². The van der Waals surface area contributed by atoms with Gasteiger partial charge in [0.15, 0.2) is 0 Å². The van der Waals surface area contributed by atoms with Gasteiger partial charge in [0, 0.05) is 18.1 Å². The van der Waals surface area contributed by atoms with Gasteiger partial charge in [-0.15, -0.1) is 11.6 Å². The van der Waals surface area contributed by atoms with Gasteiger partial charge in [-0.25, -0.2) is 4.98 Å². The zero-order valence-corrected chi connectivity index (χ0v) is 11.2. The molecule has 0 aliphatic heterocycles. The van der Waals surface area contributed by atoms with Gasteiger partial charge >= 0.3 is 0 Å². The van der Waals surface area contributed by atoms with Gasteiger partial charge in [-0.2, -0.15) is 5.26 Å². The molecular weight excluding hydrogens is 250 g/mol. The van der Waals surface area contributed by atoms with Gasteiger partial charge in [-0.3, -0.25) is 4.79 Å². The summed E-state index contributed by atoms with van der Waals surface area (Å²) in [6, 6.07) is 5.12. The molecule has 1 rings (SSSR count). The van der Waals surface area contributed by atoms with Gasteiger partial charge in [-0.05, 0) is 24.5 Å². The predicted octanol–water partition coefficient (Wildman–Crippen LogP) is 2.34. The van der Waals surface area contributed by atoms with Crippen molar-refractivity contribution in [3.05, 3.63) is 29.6 Å². The number of nitriles is 1. The topological polar surface area (TPSA) is 65.8 Å². The Balaban J connectivity index is 2.71. The summed E-state index contributed by atoms with van der Waals surface area (Å²) in [7, 11) is 0. The fraction of sp³-hybridized carbons (Fsp3) is 0.462. The molecule has 18 heavy (non-hydrogen) atoms. The zero-order chi connectivity index (χ0) is 13.5.